The Hall–Kier alpha value is -1.27. The average Bonchev–Trinajstić information content (AvgIpc) is 2.21. The maximum Gasteiger partial charge on any atom is 0.471 e. The number of alkyl halides is 3. The summed E-state index contributed by atoms with van der Waals surface area (Å²) >= 11 is 0. The van der Waals surface area contributed by atoms with E-state index >= 15 is 0 Å². The fourth-order valence-corrected chi connectivity index (χ4v) is 1.07. The van der Waals surface area contributed by atoms with E-state index in [1.807, 2.05) is 6.92 Å². The van der Waals surface area contributed by atoms with Crippen LogP contribution in [0.4, 0.5) is 13.2 Å². The van der Waals surface area contributed by atoms with Crippen molar-refractivity contribution in [3.63, 3.8) is 0 Å². The van der Waals surface area contributed by atoms with Gasteiger partial charge in [0, 0.05) is 0 Å². The second-order valence-corrected chi connectivity index (χ2v) is 3.62. The molecule has 0 saturated heterocycles. The van der Waals surface area contributed by atoms with Crippen LogP contribution >= 0.6 is 0 Å². The third-order valence-electron chi connectivity index (χ3n) is 1.95. The minimum Gasteiger partial charge on any atom is -0.461 e. The Morgan fingerprint density at radius 2 is 1.94 bits per heavy atom. The highest BCUT2D eigenvalue weighted by molar-refractivity contribution is 5.85. The normalized spacial score (nSPS) is 13.0. The number of hydrogen-bond donors (Lipinski definition) is 1. The first-order valence-electron chi connectivity index (χ1n) is 5.31. The van der Waals surface area contributed by atoms with Crippen molar-refractivity contribution >= 4 is 11.9 Å². The lowest BCUT2D eigenvalue weighted by molar-refractivity contribution is -0.174. The Labute approximate surface area is 97.5 Å². The minimum atomic E-state index is -4.98. The fraction of sp³-hybridized carbons (Fsp3) is 0.800. The van der Waals surface area contributed by atoms with Gasteiger partial charge in [-0.05, 0) is 13.3 Å². The molecule has 0 heterocycles. The van der Waals surface area contributed by atoms with Crippen molar-refractivity contribution in [1.82, 2.24) is 5.32 Å². The molecule has 1 N–H and O–H groups in total. The monoisotopic (exact) mass is 255 g/mol. The first-order chi connectivity index (χ1) is 7.77. The van der Waals surface area contributed by atoms with Crippen LogP contribution in [0, 0.1) is 0 Å². The number of esters is 1. The van der Waals surface area contributed by atoms with Crippen molar-refractivity contribution < 1.29 is 27.5 Å². The predicted molar refractivity (Wildman–Crippen MR) is 54.1 cm³/mol. The van der Waals surface area contributed by atoms with E-state index in [2.05, 4.69) is 0 Å². The summed E-state index contributed by atoms with van der Waals surface area (Å²) in [4.78, 5) is 21.4. The molecular weight excluding hydrogens is 239 g/mol. The van der Waals surface area contributed by atoms with Gasteiger partial charge in [-0.25, -0.2) is 0 Å². The Morgan fingerprint density at radius 1 is 1.35 bits per heavy atom. The lowest BCUT2D eigenvalue weighted by Gasteiger charge is -2.13. The highest BCUT2D eigenvalue weighted by Gasteiger charge is 2.38. The topological polar surface area (TPSA) is 55.4 Å². The van der Waals surface area contributed by atoms with Crippen LogP contribution in [0.25, 0.3) is 0 Å². The van der Waals surface area contributed by atoms with E-state index < -0.39 is 24.6 Å². The molecule has 0 aromatic carbocycles. The van der Waals surface area contributed by atoms with Crippen molar-refractivity contribution in [3.05, 3.63) is 0 Å². The minimum absolute atomic E-state index is 0.356. The maximum atomic E-state index is 11.8. The van der Waals surface area contributed by atoms with Gasteiger partial charge in [-0.15, -0.1) is 0 Å². The molecule has 1 atom stereocenters. The van der Waals surface area contributed by atoms with E-state index in [1.165, 1.54) is 5.32 Å². The highest BCUT2D eigenvalue weighted by atomic mass is 19.4. The zero-order chi connectivity index (χ0) is 13.5. The van der Waals surface area contributed by atoms with Gasteiger partial charge in [-0.1, -0.05) is 19.8 Å². The lowest BCUT2D eigenvalue weighted by atomic mass is 10.2. The molecule has 0 rings (SSSR count). The number of amides is 1. The van der Waals surface area contributed by atoms with Crippen molar-refractivity contribution in [3.8, 4) is 0 Å². The van der Waals surface area contributed by atoms with E-state index in [0.717, 1.165) is 12.8 Å². The smallest absolute Gasteiger partial charge is 0.461 e. The van der Waals surface area contributed by atoms with Crippen LogP contribution in [0.5, 0.6) is 0 Å². The van der Waals surface area contributed by atoms with Crippen molar-refractivity contribution in [2.24, 2.45) is 0 Å². The first kappa shape index (κ1) is 15.7. The molecule has 0 aromatic heterocycles. The number of halogens is 3. The fourth-order valence-electron chi connectivity index (χ4n) is 1.07. The largest absolute Gasteiger partial charge is 0.471 e. The molecule has 4 nitrogen and oxygen atoms in total. The molecule has 17 heavy (non-hydrogen) atoms. The second-order valence-electron chi connectivity index (χ2n) is 3.62. The summed E-state index contributed by atoms with van der Waals surface area (Å²) in [5.74, 6) is -3.01. The number of unbranched alkanes of at least 4 members (excludes halogenated alkanes) is 1. The summed E-state index contributed by atoms with van der Waals surface area (Å²) in [7, 11) is 0. The maximum absolute atomic E-state index is 11.8. The van der Waals surface area contributed by atoms with Crippen LogP contribution in [0.2, 0.25) is 0 Å². The molecule has 0 bridgehead atoms. The second kappa shape index (κ2) is 7.13. The molecule has 0 radical (unpaired) electrons. The van der Waals surface area contributed by atoms with Gasteiger partial charge in [0.15, 0.2) is 0 Å². The SMILES string of the molecule is CCCCC(C)OC(=O)CNC(=O)C(F)(F)F. The molecule has 100 valence electrons. The Kier molecular flexibility index (Phi) is 6.60. The van der Waals surface area contributed by atoms with Gasteiger partial charge < -0.3 is 10.1 Å². The Bertz CT molecular complexity index is 266. The van der Waals surface area contributed by atoms with E-state index in [1.54, 1.807) is 6.92 Å². The summed E-state index contributed by atoms with van der Waals surface area (Å²) in [6.45, 7) is 2.85. The summed E-state index contributed by atoms with van der Waals surface area (Å²) in [5, 5.41) is 1.45. The highest BCUT2D eigenvalue weighted by Crippen LogP contribution is 2.13. The van der Waals surface area contributed by atoms with Crippen molar-refractivity contribution in [2.45, 2.75) is 45.4 Å². The lowest BCUT2D eigenvalue weighted by Crippen LogP contribution is -2.40. The van der Waals surface area contributed by atoms with E-state index in [-0.39, 0.29) is 6.10 Å². The van der Waals surface area contributed by atoms with Gasteiger partial charge in [-0.3, -0.25) is 9.59 Å². The first-order valence-corrected chi connectivity index (χ1v) is 5.31. The van der Waals surface area contributed by atoms with Gasteiger partial charge in [-0.2, -0.15) is 13.2 Å². The summed E-state index contributed by atoms with van der Waals surface area (Å²) in [5.41, 5.74) is 0. The van der Waals surface area contributed by atoms with Crippen LogP contribution in [0.15, 0.2) is 0 Å². The van der Waals surface area contributed by atoms with E-state index in [4.69, 9.17) is 4.74 Å². The predicted octanol–water partition coefficient (Wildman–Crippen LogP) is 1.79. The zero-order valence-electron chi connectivity index (χ0n) is 9.76. The summed E-state index contributed by atoms with van der Waals surface area (Å²) in [6, 6.07) is 0. The number of hydrogen-bond acceptors (Lipinski definition) is 3. The quantitative estimate of drug-likeness (QED) is 0.736. The molecule has 0 saturated carbocycles. The third-order valence-corrected chi connectivity index (χ3v) is 1.95. The van der Waals surface area contributed by atoms with Crippen molar-refractivity contribution in [1.29, 1.82) is 0 Å². The van der Waals surface area contributed by atoms with Gasteiger partial charge in [0.05, 0.1) is 6.10 Å². The van der Waals surface area contributed by atoms with Crippen LogP contribution in [-0.2, 0) is 14.3 Å². The number of carbonyl (C=O) groups is 2. The van der Waals surface area contributed by atoms with Crippen LogP contribution in [0.1, 0.15) is 33.1 Å². The van der Waals surface area contributed by atoms with Crippen LogP contribution in [-0.4, -0.2) is 30.7 Å². The van der Waals surface area contributed by atoms with Gasteiger partial charge in [0.2, 0.25) is 0 Å². The third kappa shape index (κ3) is 7.59. The Morgan fingerprint density at radius 3 is 2.41 bits per heavy atom. The average molecular weight is 255 g/mol. The van der Waals surface area contributed by atoms with E-state index in [9.17, 15) is 22.8 Å². The molecule has 0 aliphatic heterocycles. The van der Waals surface area contributed by atoms with Crippen LogP contribution < -0.4 is 5.32 Å². The number of rotatable bonds is 6. The summed E-state index contributed by atoms with van der Waals surface area (Å²) in [6.07, 6.45) is -2.88. The molecule has 1 unspecified atom stereocenters. The molecule has 0 aliphatic carbocycles. The molecule has 0 fully saturated rings. The zero-order valence-corrected chi connectivity index (χ0v) is 9.76. The molecule has 1 amide bonds. The molecule has 0 spiro atoms. The van der Waals surface area contributed by atoms with Gasteiger partial charge in [0.1, 0.15) is 6.54 Å². The molecule has 0 aromatic rings. The van der Waals surface area contributed by atoms with Crippen molar-refractivity contribution in [2.75, 3.05) is 6.54 Å². The number of ether oxygens (including phenoxy) is 1. The molecule has 7 heteroatoms. The molecular formula is C10H16F3NO3. The number of carbonyl (C=O) groups excluding carboxylic acids is 2. The van der Waals surface area contributed by atoms with Crippen LogP contribution in [0.3, 0.4) is 0 Å². The standard InChI is InChI=1S/C10H16F3NO3/c1-3-4-5-7(2)17-8(15)6-14-9(16)10(11,12)13/h7H,3-6H2,1-2H3,(H,14,16). The molecule has 0 aliphatic rings. The number of nitrogens with one attached hydrogen (secondary N) is 1. The van der Waals surface area contributed by atoms with Gasteiger partial charge in [0.25, 0.3) is 0 Å². The van der Waals surface area contributed by atoms with E-state index in [0.29, 0.717) is 6.42 Å². The Balaban J connectivity index is 3.84. The van der Waals surface area contributed by atoms with Gasteiger partial charge >= 0.3 is 18.1 Å². The summed E-state index contributed by atoms with van der Waals surface area (Å²) < 4.78 is 40.1.